The summed E-state index contributed by atoms with van der Waals surface area (Å²) in [6.07, 6.45) is -0.0644. The summed E-state index contributed by atoms with van der Waals surface area (Å²) in [4.78, 5) is 21.9. The molecule has 0 aliphatic rings. The molecule has 0 saturated heterocycles. The van der Waals surface area contributed by atoms with Crippen molar-refractivity contribution < 1.29 is 22.7 Å². The van der Waals surface area contributed by atoms with Gasteiger partial charge in [-0.2, -0.15) is 0 Å². The van der Waals surface area contributed by atoms with Crippen molar-refractivity contribution in [3.05, 3.63) is 0 Å². The molecule has 0 fully saturated rings. The maximum atomic E-state index is 11.4. The molecular weight excluding hydrogens is 232 g/mol. The van der Waals surface area contributed by atoms with Crippen LogP contribution in [0.25, 0.3) is 0 Å². The van der Waals surface area contributed by atoms with E-state index in [0.717, 1.165) is 0 Å². The Kier molecular flexibility index (Phi) is 5.12. The summed E-state index contributed by atoms with van der Waals surface area (Å²) < 4.78 is 27.6. The van der Waals surface area contributed by atoms with Crippen LogP contribution in [0.2, 0.25) is 0 Å². The lowest BCUT2D eigenvalue weighted by Crippen LogP contribution is -2.29. The maximum Gasteiger partial charge on any atom is 0.321 e. The summed E-state index contributed by atoms with van der Waals surface area (Å²) in [6.45, 7) is 6.29. The third-order valence-corrected chi connectivity index (χ3v) is 3.02. The zero-order chi connectivity index (χ0) is 13.0. The molecular formula is C10H18O5S. The normalized spacial score (nSPS) is 12.2. The SMILES string of the molecule is CC(=O)CCS(=O)(=O)CC(=O)OC(C)(C)C. The van der Waals surface area contributed by atoms with Gasteiger partial charge in [-0.1, -0.05) is 0 Å². The molecule has 0 aromatic rings. The van der Waals surface area contributed by atoms with Crippen molar-refractivity contribution in [3.8, 4) is 0 Å². The average Bonchev–Trinajstić information content (AvgIpc) is 1.95. The molecule has 0 aliphatic heterocycles. The van der Waals surface area contributed by atoms with Crippen LogP contribution in [-0.2, 0) is 24.2 Å². The lowest BCUT2D eigenvalue weighted by Gasteiger charge is -2.19. The van der Waals surface area contributed by atoms with Gasteiger partial charge in [0, 0.05) is 6.42 Å². The zero-order valence-corrected chi connectivity index (χ0v) is 10.9. The fraction of sp³-hybridized carbons (Fsp3) is 0.800. The highest BCUT2D eigenvalue weighted by Crippen LogP contribution is 2.08. The molecule has 0 atom stereocenters. The van der Waals surface area contributed by atoms with Crippen LogP contribution in [0.1, 0.15) is 34.1 Å². The first-order chi connectivity index (χ1) is 7.02. The second-order valence-corrected chi connectivity index (χ2v) is 6.81. The standard InChI is InChI=1S/C10H18O5S/c1-8(11)5-6-16(13,14)7-9(12)15-10(2,3)4/h5-7H2,1-4H3. The van der Waals surface area contributed by atoms with E-state index in [1.54, 1.807) is 20.8 Å². The minimum Gasteiger partial charge on any atom is -0.459 e. The van der Waals surface area contributed by atoms with Crippen LogP contribution in [-0.4, -0.2) is 37.3 Å². The molecule has 0 heterocycles. The van der Waals surface area contributed by atoms with Gasteiger partial charge in [-0.3, -0.25) is 9.59 Å². The van der Waals surface area contributed by atoms with Gasteiger partial charge in [0.1, 0.15) is 17.1 Å². The summed E-state index contributed by atoms with van der Waals surface area (Å²) in [5.41, 5.74) is -0.701. The Bertz CT molecular complexity index is 361. The van der Waals surface area contributed by atoms with Crippen LogP contribution >= 0.6 is 0 Å². The quantitative estimate of drug-likeness (QED) is 0.672. The third kappa shape index (κ3) is 8.40. The Balaban J connectivity index is 4.27. The molecule has 94 valence electrons. The van der Waals surface area contributed by atoms with Crippen molar-refractivity contribution in [2.75, 3.05) is 11.5 Å². The molecule has 0 radical (unpaired) electrons. The van der Waals surface area contributed by atoms with Crippen molar-refractivity contribution in [2.45, 2.75) is 39.7 Å². The van der Waals surface area contributed by atoms with Crippen LogP contribution in [0, 0.1) is 0 Å². The summed E-state index contributed by atoms with van der Waals surface area (Å²) in [6, 6.07) is 0. The van der Waals surface area contributed by atoms with E-state index in [1.165, 1.54) is 6.92 Å². The van der Waals surface area contributed by atoms with E-state index in [-0.39, 0.29) is 18.0 Å². The van der Waals surface area contributed by atoms with Gasteiger partial charge in [0.2, 0.25) is 0 Å². The van der Waals surface area contributed by atoms with Crippen LogP contribution < -0.4 is 0 Å². The number of ether oxygens (including phenoxy) is 1. The smallest absolute Gasteiger partial charge is 0.321 e. The van der Waals surface area contributed by atoms with Crippen molar-refractivity contribution in [1.82, 2.24) is 0 Å². The fourth-order valence-corrected chi connectivity index (χ4v) is 2.08. The van der Waals surface area contributed by atoms with Gasteiger partial charge in [0.25, 0.3) is 0 Å². The number of rotatable bonds is 5. The van der Waals surface area contributed by atoms with Gasteiger partial charge in [0.05, 0.1) is 5.75 Å². The summed E-state index contributed by atoms with van der Waals surface area (Å²) in [7, 11) is -3.54. The van der Waals surface area contributed by atoms with E-state index in [0.29, 0.717) is 0 Å². The number of esters is 1. The van der Waals surface area contributed by atoms with Crippen LogP contribution in [0.4, 0.5) is 0 Å². The first kappa shape index (κ1) is 15.1. The minimum atomic E-state index is -3.54. The first-order valence-electron chi connectivity index (χ1n) is 4.93. The van der Waals surface area contributed by atoms with Crippen molar-refractivity contribution in [3.63, 3.8) is 0 Å². The van der Waals surface area contributed by atoms with Gasteiger partial charge in [-0.05, 0) is 27.7 Å². The van der Waals surface area contributed by atoms with Gasteiger partial charge in [-0.25, -0.2) is 8.42 Å². The Labute approximate surface area is 96.1 Å². The highest BCUT2D eigenvalue weighted by atomic mass is 32.2. The van der Waals surface area contributed by atoms with Crippen LogP contribution in [0.15, 0.2) is 0 Å². The van der Waals surface area contributed by atoms with E-state index < -0.39 is 27.2 Å². The molecule has 0 rings (SSSR count). The lowest BCUT2D eigenvalue weighted by molar-refractivity contribution is -0.151. The van der Waals surface area contributed by atoms with E-state index in [4.69, 9.17) is 4.74 Å². The van der Waals surface area contributed by atoms with Gasteiger partial charge in [-0.15, -0.1) is 0 Å². The van der Waals surface area contributed by atoms with E-state index in [9.17, 15) is 18.0 Å². The van der Waals surface area contributed by atoms with E-state index >= 15 is 0 Å². The highest BCUT2D eigenvalue weighted by Gasteiger charge is 2.22. The monoisotopic (exact) mass is 250 g/mol. The molecule has 0 amide bonds. The average molecular weight is 250 g/mol. The number of hydrogen-bond donors (Lipinski definition) is 0. The van der Waals surface area contributed by atoms with Gasteiger partial charge >= 0.3 is 5.97 Å². The van der Waals surface area contributed by atoms with E-state index in [2.05, 4.69) is 0 Å². The topological polar surface area (TPSA) is 77.5 Å². The zero-order valence-electron chi connectivity index (χ0n) is 10.1. The summed E-state index contributed by atoms with van der Waals surface area (Å²) in [5, 5.41) is 0. The molecule has 16 heavy (non-hydrogen) atoms. The maximum absolute atomic E-state index is 11.4. The molecule has 0 aliphatic carbocycles. The number of ketones is 1. The summed E-state index contributed by atoms with van der Waals surface area (Å²) in [5.74, 6) is -1.97. The lowest BCUT2D eigenvalue weighted by atomic mass is 10.2. The van der Waals surface area contributed by atoms with Gasteiger partial charge < -0.3 is 4.74 Å². The highest BCUT2D eigenvalue weighted by molar-refractivity contribution is 7.92. The Morgan fingerprint density at radius 3 is 2.06 bits per heavy atom. The molecule has 0 N–H and O–H groups in total. The molecule has 0 aromatic heterocycles. The van der Waals surface area contributed by atoms with Crippen molar-refractivity contribution in [2.24, 2.45) is 0 Å². The van der Waals surface area contributed by atoms with Crippen LogP contribution in [0.3, 0.4) is 0 Å². The predicted molar refractivity (Wildman–Crippen MR) is 59.8 cm³/mol. The molecule has 0 unspecified atom stereocenters. The Morgan fingerprint density at radius 2 is 1.69 bits per heavy atom. The molecule has 5 nitrogen and oxygen atoms in total. The largest absolute Gasteiger partial charge is 0.459 e. The molecule has 0 saturated carbocycles. The minimum absolute atomic E-state index is 0.0644. The molecule has 6 heteroatoms. The third-order valence-electron chi connectivity index (χ3n) is 1.52. The first-order valence-corrected chi connectivity index (χ1v) is 6.76. The second kappa shape index (κ2) is 5.43. The molecule has 0 aromatic carbocycles. The molecule has 0 spiro atoms. The number of sulfone groups is 1. The number of carbonyl (C=O) groups is 2. The van der Waals surface area contributed by atoms with Gasteiger partial charge in [0.15, 0.2) is 9.84 Å². The predicted octanol–water partition coefficient (Wildman–Crippen LogP) is 0.722. The van der Waals surface area contributed by atoms with Crippen molar-refractivity contribution in [1.29, 1.82) is 0 Å². The number of hydrogen-bond acceptors (Lipinski definition) is 5. The number of carbonyl (C=O) groups excluding carboxylic acids is 2. The Morgan fingerprint density at radius 1 is 1.19 bits per heavy atom. The Hall–Kier alpha value is -0.910. The second-order valence-electron chi connectivity index (χ2n) is 4.63. The van der Waals surface area contributed by atoms with Crippen molar-refractivity contribution >= 4 is 21.6 Å². The summed E-state index contributed by atoms with van der Waals surface area (Å²) >= 11 is 0. The van der Waals surface area contributed by atoms with E-state index in [1.807, 2.05) is 0 Å². The number of Topliss-reactive ketones (excluding diaryl/α,β-unsaturated/α-hetero) is 1. The fourth-order valence-electron chi connectivity index (χ4n) is 0.922. The van der Waals surface area contributed by atoms with Crippen LogP contribution in [0.5, 0.6) is 0 Å². The molecule has 0 bridgehead atoms.